The molecule has 1 N–H and O–H groups in total. The molecule has 3 rings (SSSR count). The zero-order valence-corrected chi connectivity index (χ0v) is 14.3. The average molecular weight is 414 g/mol. The third-order valence-electron chi connectivity index (χ3n) is 3.40. The highest BCUT2D eigenvalue weighted by Crippen LogP contribution is 2.24. The van der Waals surface area contributed by atoms with Crippen LogP contribution in [0.3, 0.4) is 0 Å². The summed E-state index contributed by atoms with van der Waals surface area (Å²) < 4.78 is 1.23. The number of anilines is 1. The summed E-state index contributed by atoms with van der Waals surface area (Å²) in [4.78, 5) is 11.3. The minimum absolute atomic E-state index is 0.551. The maximum absolute atomic E-state index is 8.56. The maximum Gasteiger partial charge on any atom is 0.137 e. The predicted molar refractivity (Wildman–Crippen MR) is 99.7 cm³/mol. The first-order valence-electron chi connectivity index (χ1n) is 7.04. The number of aromatic nitrogens is 2. The molecule has 6 nitrogen and oxygen atoms in total. The first-order chi connectivity index (χ1) is 11.3. The van der Waals surface area contributed by atoms with Gasteiger partial charge in [-0.3, -0.25) is 0 Å². The molecule has 23 heavy (non-hydrogen) atoms. The van der Waals surface area contributed by atoms with Crippen molar-refractivity contribution in [3.8, 4) is 0 Å². The van der Waals surface area contributed by atoms with Crippen LogP contribution in [0.25, 0.3) is 21.3 Å². The molecule has 0 aliphatic rings. The number of hydrogen-bond donors (Lipinski definition) is 1. The van der Waals surface area contributed by atoms with Gasteiger partial charge in [-0.25, -0.2) is 9.97 Å². The minimum atomic E-state index is 0.551. The molecule has 0 bridgehead atoms. The van der Waals surface area contributed by atoms with Crippen LogP contribution in [0.5, 0.6) is 0 Å². The fourth-order valence-electron chi connectivity index (χ4n) is 2.28. The van der Waals surface area contributed by atoms with E-state index >= 15 is 0 Å². The minimum Gasteiger partial charge on any atom is -0.369 e. The van der Waals surface area contributed by atoms with Crippen molar-refractivity contribution in [2.75, 3.05) is 11.9 Å². The second kappa shape index (κ2) is 7.26. The van der Waals surface area contributed by atoms with Gasteiger partial charge in [-0.05, 0) is 64.4 Å². The molecule has 1 aromatic heterocycles. The third kappa shape index (κ3) is 3.88. The van der Waals surface area contributed by atoms with Crippen LogP contribution < -0.4 is 5.32 Å². The fraction of sp³-hybridized carbons (Fsp3) is 0.125. The van der Waals surface area contributed by atoms with Gasteiger partial charge in [0.05, 0.1) is 5.52 Å². The van der Waals surface area contributed by atoms with Gasteiger partial charge in [0, 0.05) is 26.1 Å². The Balaban J connectivity index is 1.77. The van der Waals surface area contributed by atoms with Crippen LogP contribution in [-0.2, 0) is 6.42 Å². The standard InChI is InChI=1S/C16H13IN6/c17-12-3-1-11(2-4-12)7-8-19-16-14-9-13(22-23-18)5-6-15(14)20-10-21-16/h1-6,9-10H,7-8H2,(H,19,20,21)/i17-2. The summed E-state index contributed by atoms with van der Waals surface area (Å²) in [5, 5.41) is 7.81. The van der Waals surface area contributed by atoms with E-state index in [1.165, 1.54) is 15.5 Å². The van der Waals surface area contributed by atoms with Crippen LogP contribution in [0.4, 0.5) is 11.5 Å². The summed E-state index contributed by atoms with van der Waals surface area (Å²) in [5.74, 6) is 0.746. The number of hydrogen-bond acceptors (Lipinski definition) is 4. The zero-order chi connectivity index (χ0) is 16.1. The lowest BCUT2D eigenvalue weighted by atomic mass is 10.1. The molecule has 0 saturated carbocycles. The van der Waals surface area contributed by atoms with Gasteiger partial charge in [0.2, 0.25) is 0 Å². The molecular formula is C16H13IN6. The quantitative estimate of drug-likeness (QED) is 0.281. The summed E-state index contributed by atoms with van der Waals surface area (Å²) in [6, 6.07) is 13.8. The first kappa shape index (κ1) is 15.5. The first-order valence-corrected chi connectivity index (χ1v) is 8.12. The highest BCUT2D eigenvalue weighted by Gasteiger charge is 2.04. The molecule has 114 valence electrons. The smallest absolute Gasteiger partial charge is 0.137 e. The lowest BCUT2D eigenvalue weighted by Gasteiger charge is -2.09. The van der Waals surface area contributed by atoms with Crippen molar-refractivity contribution >= 4 is 45.0 Å². The van der Waals surface area contributed by atoms with Crippen molar-refractivity contribution in [3.05, 3.63) is 68.4 Å². The van der Waals surface area contributed by atoms with Crippen molar-refractivity contribution < 1.29 is 0 Å². The number of benzene rings is 2. The Labute approximate surface area is 146 Å². The molecule has 0 atom stereocenters. The van der Waals surface area contributed by atoms with Crippen molar-refractivity contribution in [3.63, 3.8) is 0 Å². The molecular weight excluding hydrogens is 401 g/mol. The Morgan fingerprint density at radius 2 is 1.96 bits per heavy atom. The third-order valence-corrected chi connectivity index (χ3v) is 4.12. The molecule has 0 radical (unpaired) electrons. The van der Waals surface area contributed by atoms with Gasteiger partial charge in [-0.2, -0.15) is 0 Å². The maximum atomic E-state index is 8.56. The fourth-order valence-corrected chi connectivity index (χ4v) is 2.64. The van der Waals surface area contributed by atoms with Gasteiger partial charge >= 0.3 is 0 Å². The van der Waals surface area contributed by atoms with Crippen molar-refractivity contribution in [1.29, 1.82) is 0 Å². The molecule has 0 saturated heterocycles. The van der Waals surface area contributed by atoms with Crippen LogP contribution in [0.15, 0.2) is 53.9 Å². The molecule has 0 fully saturated rings. The lowest BCUT2D eigenvalue weighted by molar-refractivity contribution is 1.01. The van der Waals surface area contributed by atoms with E-state index in [1.807, 2.05) is 6.07 Å². The van der Waals surface area contributed by atoms with Gasteiger partial charge in [0.25, 0.3) is 0 Å². The topological polar surface area (TPSA) is 86.6 Å². The second-order valence-corrected chi connectivity index (χ2v) is 6.16. The van der Waals surface area contributed by atoms with E-state index < -0.39 is 0 Å². The molecule has 2 aromatic carbocycles. The summed E-state index contributed by atoms with van der Waals surface area (Å²) in [7, 11) is 0. The number of azide groups is 1. The number of fused-ring (bicyclic) bond motifs is 1. The van der Waals surface area contributed by atoms with Crippen LogP contribution >= 0.6 is 22.6 Å². The van der Waals surface area contributed by atoms with Gasteiger partial charge < -0.3 is 5.32 Å². The molecule has 3 aromatic rings. The number of nitrogens with one attached hydrogen (secondary N) is 1. The normalized spacial score (nSPS) is 10.3. The van der Waals surface area contributed by atoms with Gasteiger partial charge in [0.15, 0.2) is 0 Å². The molecule has 7 heteroatoms. The van der Waals surface area contributed by atoms with Crippen molar-refractivity contribution in [1.82, 2.24) is 9.97 Å². The summed E-state index contributed by atoms with van der Waals surface area (Å²) in [5.41, 5.74) is 11.2. The summed E-state index contributed by atoms with van der Waals surface area (Å²) >= 11 is 2.30. The molecule has 0 aliphatic carbocycles. The largest absolute Gasteiger partial charge is 0.369 e. The SMILES string of the molecule is [N-]=[N+]=Nc1ccc2ncnc(NCCc3ccc([125I])cc3)c2c1. The highest BCUT2D eigenvalue weighted by molar-refractivity contribution is 14.1. The molecule has 0 aliphatic heterocycles. The van der Waals surface area contributed by atoms with E-state index in [0.717, 1.165) is 29.7 Å². The monoisotopic (exact) mass is 414 g/mol. The van der Waals surface area contributed by atoms with Crippen LogP contribution in [0, 0.1) is 3.57 Å². The van der Waals surface area contributed by atoms with Gasteiger partial charge in [-0.15, -0.1) is 0 Å². The Morgan fingerprint density at radius 3 is 2.74 bits per heavy atom. The number of halogens is 1. The van der Waals surface area contributed by atoms with Crippen LogP contribution in [0.2, 0.25) is 0 Å². The van der Waals surface area contributed by atoms with E-state index in [1.54, 1.807) is 12.1 Å². The summed E-state index contributed by atoms with van der Waals surface area (Å²) in [6.45, 7) is 0.762. The zero-order valence-electron chi connectivity index (χ0n) is 12.1. The van der Waals surface area contributed by atoms with Gasteiger partial charge in [0.1, 0.15) is 12.1 Å². The summed E-state index contributed by atoms with van der Waals surface area (Å²) in [6.07, 6.45) is 2.43. The molecule has 0 amide bonds. The molecule has 0 unspecified atom stereocenters. The van der Waals surface area contributed by atoms with Gasteiger partial charge in [-0.1, -0.05) is 23.3 Å². The molecule has 1 heterocycles. The Bertz CT molecular complexity index is 871. The Morgan fingerprint density at radius 1 is 1.13 bits per heavy atom. The number of rotatable bonds is 5. The Hall–Kier alpha value is -2.38. The highest BCUT2D eigenvalue weighted by atomic mass is 125. The van der Waals surface area contributed by atoms with Crippen LogP contribution in [0.1, 0.15) is 5.56 Å². The van der Waals surface area contributed by atoms with Crippen molar-refractivity contribution in [2.24, 2.45) is 5.11 Å². The van der Waals surface area contributed by atoms with E-state index in [9.17, 15) is 0 Å². The van der Waals surface area contributed by atoms with E-state index in [2.05, 4.69) is 72.2 Å². The molecule has 0 spiro atoms. The van der Waals surface area contributed by atoms with E-state index in [0.29, 0.717) is 5.69 Å². The lowest BCUT2D eigenvalue weighted by Crippen LogP contribution is -2.07. The predicted octanol–water partition coefficient (Wildman–Crippen LogP) is 4.83. The average Bonchev–Trinajstić information content (AvgIpc) is 2.57. The number of nitrogens with zero attached hydrogens (tertiary/aromatic N) is 5. The van der Waals surface area contributed by atoms with Crippen molar-refractivity contribution in [2.45, 2.75) is 6.42 Å². The second-order valence-electron chi connectivity index (χ2n) is 4.92. The van der Waals surface area contributed by atoms with E-state index in [4.69, 9.17) is 5.53 Å². The van der Waals surface area contributed by atoms with E-state index in [-0.39, 0.29) is 0 Å². The van der Waals surface area contributed by atoms with Crippen LogP contribution in [-0.4, -0.2) is 16.5 Å². The Kier molecular flexibility index (Phi) is 4.89.